The third kappa shape index (κ3) is 6.15. The minimum absolute atomic E-state index is 0.127. The monoisotopic (exact) mass is 336 g/mol. The molecule has 4 nitrogen and oxygen atoms in total. The molecule has 1 aliphatic heterocycles. The van der Waals surface area contributed by atoms with Crippen molar-refractivity contribution in [3.05, 3.63) is 22.4 Å². The maximum atomic E-state index is 4.33. The first-order valence-electron chi connectivity index (χ1n) is 8.83. The molecule has 0 unspecified atom stereocenters. The van der Waals surface area contributed by atoms with Crippen LogP contribution in [0.15, 0.2) is 22.5 Å². The fourth-order valence-corrected chi connectivity index (χ4v) is 3.80. The van der Waals surface area contributed by atoms with E-state index in [1.54, 1.807) is 0 Å². The Labute approximate surface area is 145 Å². The van der Waals surface area contributed by atoms with Crippen molar-refractivity contribution in [3.63, 3.8) is 0 Å². The van der Waals surface area contributed by atoms with Crippen molar-refractivity contribution in [2.24, 2.45) is 4.99 Å². The van der Waals surface area contributed by atoms with E-state index >= 15 is 0 Å². The highest BCUT2D eigenvalue weighted by Gasteiger charge is 2.21. The molecule has 1 saturated heterocycles. The molecule has 0 radical (unpaired) electrons. The average molecular weight is 337 g/mol. The van der Waals surface area contributed by atoms with Gasteiger partial charge in [0.1, 0.15) is 0 Å². The van der Waals surface area contributed by atoms with E-state index in [1.165, 1.54) is 50.2 Å². The predicted molar refractivity (Wildman–Crippen MR) is 102 cm³/mol. The van der Waals surface area contributed by atoms with Gasteiger partial charge in [0.2, 0.25) is 0 Å². The van der Waals surface area contributed by atoms with Crippen LogP contribution < -0.4 is 10.6 Å². The average Bonchev–Trinajstić information content (AvgIpc) is 3.23. The van der Waals surface area contributed by atoms with E-state index < -0.39 is 0 Å². The zero-order valence-corrected chi connectivity index (χ0v) is 15.7. The first-order valence-corrected chi connectivity index (χ1v) is 9.70. The summed E-state index contributed by atoms with van der Waals surface area (Å²) in [6.45, 7) is 10.3. The van der Waals surface area contributed by atoms with Crippen molar-refractivity contribution >= 4 is 17.3 Å². The van der Waals surface area contributed by atoms with Crippen LogP contribution in [-0.4, -0.2) is 50.6 Å². The number of likely N-dealkylation sites (tertiary alicyclic amines) is 1. The van der Waals surface area contributed by atoms with Crippen molar-refractivity contribution in [2.45, 2.75) is 44.9 Å². The normalized spacial score (nSPS) is 16.7. The van der Waals surface area contributed by atoms with Gasteiger partial charge in [-0.05, 0) is 56.8 Å². The van der Waals surface area contributed by atoms with Crippen LogP contribution in [-0.2, 0) is 5.41 Å². The van der Waals surface area contributed by atoms with Crippen LogP contribution >= 0.6 is 11.3 Å². The molecule has 0 saturated carbocycles. The Balaban J connectivity index is 1.61. The summed E-state index contributed by atoms with van der Waals surface area (Å²) in [5.41, 5.74) is 0.127. The van der Waals surface area contributed by atoms with E-state index in [4.69, 9.17) is 0 Å². The molecule has 0 atom stereocenters. The van der Waals surface area contributed by atoms with Gasteiger partial charge in [-0.25, -0.2) is 0 Å². The van der Waals surface area contributed by atoms with Gasteiger partial charge in [0.05, 0.1) is 0 Å². The Morgan fingerprint density at radius 3 is 2.70 bits per heavy atom. The quantitative estimate of drug-likeness (QED) is 0.435. The molecule has 23 heavy (non-hydrogen) atoms. The first-order chi connectivity index (χ1) is 11.1. The zero-order chi connectivity index (χ0) is 16.5. The lowest BCUT2D eigenvalue weighted by molar-refractivity contribution is 0.330. The molecular weight excluding hydrogens is 304 g/mol. The highest BCUT2D eigenvalue weighted by atomic mass is 32.1. The zero-order valence-electron chi connectivity index (χ0n) is 14.9. The maximum absolute atomic E-state index is 4.33. The second kappa shape index (κ2) is 9.28. The molecule has 1 aromatic rings. The molecule has 0 aliphatic carbocycles. The van der Waals surface area contributed by atoms with Crippen molar-refractivity contribution < 1.29 is 0 Å². The van der Waals surface area contributed by atoms with E-state index in [0.29, 0.717) is 0 Å². The van der Waals surface area contributed by atoms with Gasteiger partial charge in [-0.2, -0.15) is 0 Å². The lowest BCUT2D eigenvalue weighted by Crippen LogP contribution is -2.43. The van der Waals surface area contributed by atoms with Gasteiger partial charge in [0.15, 0.2) is 5.96 Å². The van der Waals surface area contributed by atoms with Crippen molar-refractivity contribution in [1.82, 2.24) is 15.5 Å². The van der Waals surface area contributed by atoms with Crippen LogP contribution in [0.2, 0.25) is 0 Å². The number of thiophene rings is 1. The van der Waals surface area contributed by atoms with E-state index in [2.05, 4.69) is 51.9 Å². The van der Waals surface area contributed by atoms with Gasteiger partial charge in [0.25, 0.3) is 0 Å². The Bertz CT molecular complexity index is 461. The van der Waals surface area contributed by atoms with E-state index in [1.807, 2.05) is 18.4 Å². The van der Waals surface area contributed by atoms with Crippen LogP contribution in [0.3, 0.4) is 0 Å². The molecule has 0 aromatic carbocycles. The molecule has 130 valence electrons. The standard InChI is InChI=1S/C18H32N4S/c1-18(2,16-9-8-14-23-16)15-21-17(19-3)20-10-4-5-11-22-12-6-7-13-22/h8-9,14H,4-7,10-13,15H2,1-3H3,(H2,19,20,21). The van der Waals surface area contributed by atoms with Crippen LogP contribution in [0.4, 0.5) is 0 Å². The van der Waals surface area contributed by atoms with Crippen LogP contribution in [0.25, 0.3) is 0 Å². The molecule has 0 bridgehead atoms. The molecule has 1 aliphatic rings. The maximum Gasteiger partial charge on any atom is 0.191 e. The molecule has 0 spiro atoms. The van der Waals surface area contributed by atoms with E-state index in [0.717, 1.165) is 19.0 Å². The van der Waals surface area contributed by atoms with Crippen molar-refractivity contribution in [2.75, 3.05) is 39.8 Å². The van der Waals surface area contributed by atoms with E-state index in [-0.39, 0.29) is 5.41 Å². The van der Waals surface area contributed by atoms with Gasteiger partial charge in [-0.1, -0.05) is 19.9 Å². The molecule has 1 aromatic heterocycles. The summed E-state index contributed by atoms with van der Waals surface area (Å²) in [6.07, 6.45) is 5.24. The minimum Gasteiger partial charge on any atom is -0.356 e. The van der Waals surface area contributed by atoms with Gasteiger partial charge in [-0.3, -0.25) is 4.99 Å². The largest absolute Gasteiger partial charge is 0.356 e. The highest BCUT2D eigenvalue weighted by Crippen LogP contribution is 2.26. The molecule has 1 fully saturated rings. The van der Waals surface area contributed by atoms with E-state index in [9.17, 15) is 0 Å². The number of rotatable bonds is 8. The van der Waals surface area contributed by atoms with Crippen LogP contribution in [0.1, 0.15) is 44.4 Å². The second-order valence-electron chi connectivity index (χ2n) is 6.97. The van der Waals surface area contributed by atoms with Gasteiger partial charge in [-0.15, -0.1) is 11.3 Å². The summed E-state index contributed by atoms with van der Waals surface area (Å²) in [6, 6.07) is 4.33. The number of hydrogen-bond donors (Lipinski definition) is 2. The number of nitrogens with one attached hydrogen (secondary N) is 2. The number of unbranched alkanes of at least 4 members (excludes halogenated alkanes) is 1. The summed E-state index contributed by atoms with van der Waals surface area (Å²) in [4.78, 5) is 8.32. The van der Waals surface area contributed by atoms with Gasteiger partial charge >= 0.3 is 0 Å². The summed E-state index contributed by atoms with van der Waals surface area (Å²) in [7, 11) is 1.84. The summed E-state index contributed by atoms with van der Waals surface area (Å²) >= 11 is 1.82. The Morgan fingerprint density at radius 1 is 1.26 bits per heavy atom. The van der Waals surface area contributed by atoms with Crippen molar-refractivity contribution in [3.8, 4) is 0 Å². The first kappa shape index (κ1) is 18.3. The number of nitrogens with zero attached hydrogens (tertiary/aromatic N) is 2. The molecule has 2 N–H and O–H groups in total. The Morgan fingerprint density at radius 2 is 2.04 bits per heavy atom. The second-order valence-corrected chi connectivity index (χ2v) is 7.92. The Kier molecular flexibility index (Phi) is 7.37. The number of aliphatic imine (C=N–C) groups is 1. The Hall–Kier alpha value is -1.07. The molecule has 2 heterocycles. The molecule has 5 heteroatoms. The molecular formula is C18H32N4S. The van der Waals surface area contributed by atoms with Gasteiger partial charge < -0.3 is 15.5 Å². The SMILES string of the molecule is CN=C(NCCCCN1CCCC1)NCC(C)(C)c1cccs1. The smallest absolute Gasteiger partial charge is 0.191 e. The van der Waals surface area contributed by atoms with Crippen molar-refractivity contribution in [1.29, 1.82) is 0 Å². The number of guanidine groups is 1. The lowest BCUT2D eigenvalue weighted by atomic mass is 9.91. The molecule has 2 rings (SSSR count). The third-order valence-electron chi connectivity index (χ3n) is 4.50. The third-order valence-corrected chi connectivity index (χ3v) is 5.74. The minimum atomic E-state index is 0.127. The fourth-order valence-electron chi connectivity index (χ4n) is 2.95. The summed E-state index contributed by atoms with van der Waals surface area (Å²) in [5.74, 6) is 0.913. The van der Waals surface area contributed by atoms with Gasteiger partial charge in [0, 0.05) is 30.4 Å². The highest BCUT2D eigenvalue weighted by molar-refractivity contribution is 7.10. The number of hydrogen-bond acceptors (Lipinski definition) is 3. The topological polar surface area (TPSA) is 39.7 Å². The summed E-state index contributed by atoms with van der Waals surface area (Å²) < 4.78 is 0. The molecule has 0 amide bonds. The fraction of sp³-hybridized carbons (Fsp3) is 0.722. The summed E-state index contributed by atoms with van der Waals surface area (Å²) in [5, 5.41) is 9.04. The van der Waals surface area contributed by atoms with Crippen LogP contribution in [0.5, 0.6) is 0 Å². The van der Waals surface area contributed by atoms with Crippen LogP contribution in [0, 0.1) is 0 Å². The predicted octanol–water partition coefficient (Wildman–Crippen LogP) is 3.07. The lowest BCUT2D eigenvalue weighted by Gasteiger charge is -2.25.